The lowest BCUT2D eigenvalue weighted by Crippen LogP contribution is -2.23. The molecule has 0 aliphatic rings. The Labute approximate surface area is 159 Å². The number of rotatable bonds is 14. The van der Waals surface area contributed by atoms with Gasteiger partial charge in [-0.3, -0.25) is 4.79 Å². The van der Waals surface area contributed by atoms with Crippen molar-refractivity contribution in [3.05, 3.63) is 18.2 Å². The quantitative estimate of drug-likeness (QED) is 0.204. The highest BCUT2D eigenvalue weighted by molar-refractivity contribution is 5.94. The summed E-state index contributed by atoms with van der Waals surface area (Å²) in [4.78, 5) is 12.7. The van der Waals surface area contributed by atoms with E-state index >= 15 is 0 Å². The van der Waals surface area contributed by atoms with Crippen LogP contribution >= 0.6 is 0 Å². The van der Waals surface area contributed by atoms with Crippen LogP contribution in [0.1, 0.15) is 90.9 Å². The van der Waals surface area contributed by atoms with E-state index < -0.39 is 0 Å². The average Bonchev–Trinajstić information content (AvgIpc) is 2.62. The van der Waals surface area contributed by atoms with Gasteiger partial charge in [-0.1, -0.05) is 78.1 Å². The van der Waals surface area contributed by atoms with Crippen molar-refractivity contribution in [2.75, 3.05) is 5.32 Å². The molecule has 1 atom stereocenters. The second-order valence-electron chi connectivity index (χ2n) is 7.29. The normalized spacial score (nSPS) is 12.1. The first-order valence-corrected chi connectivity index (χ1v) is 10.4. The van der Waals surface area contributed by atoms with Gasteiger partial charge in [0.15, 0.2) is 0 Å². The van der Waals surface area contributed by atoms with Crippen LogP contribution in [-0.4, -0.2) is 16.1 Å². The van der Waals surface area contributed by atoms with Crippen LogP contribution in [0, 0.1) is 5.92 Å². The number of phenolic OH excluding ortho intramolecular Hbond substituents is 2. The molecule has 0 aliphatic carbocycles. The standard InChI is InChI=1S/C22H37NO3/c1-3-5-7-9-10-12-14-18(13-11-8-6-4-2)22(26)23-20-17-19(24)15-16-21(20)25/h15-18,24-25H,3-14H2,1-2H3,(H,23,26). The highest BCUT2D eigenvalue weighted by Crippen LogP contribution is 2.29. The van der Waals surface area contributed by atoms with Gasteiger partial charge < -0.3 is 15.5 Å². The van der Waals surface area contributed by atoms with E-state index in [-0.39, 0.29) is 29.0 Å². The van der Waals surface area contributed by atoms with Crippen LogP contribution in [0.5, 0.6) is 11.5 Å². The molecule has 26 heavy (non-hydrogen) atoms. The maximum atomic E-state index is 12.7. The van der Waals surface area contributed by atoms with Crippen molar-refractivity contribution in [1.29, 1.82) is 0 Å². The Bertz CT molecular complexity index is 516. The number of carbonyl (C=O) groups is 1. The summed E-state index contributed by atoms with van der Waals surface area (Å²) in [5, 5.41) is 22.3. The maximum Gasteiger partial charge on any atom is 0.227 e. The van der Waals surface area contributed by atoms with Crippen LogP contribution in [-0.2, 0) is 4.79 Å². The zero-order chi connectivity index (χ0) is 19.2. The number of benzene rings is 1. The van der Waals surface area contributed by atoms with Gasteiger partial charge in [-0.2, -0.15) is 0 Å². The third-order valence-corrected chi connectivity index (χ3v) is 4.92. The van der Waals surface area contributed by atoms with E-state index in [1.54, 1.807) is 0 Å². The third-order valence-electron chi connectivity index (χ3n) is 4.92. The molecule has 0 saturated heterocycles. The summed E-state index contributed by atoms with van der Waals surface area (Å²) in [7, 11) is 0. The highest BCUT2D eigenvalue weighted by atomic mass is 16.3. The smallest absolute Gasteiger partial charge is 0.227 e. The number of hydrogen-bond acceptors (Lipinski definition) is 3. The molecule has 0 saturated carbocycles. The first-order valence-electron chi connectivity index (χ1n) is 10.4. The van der Waals surface area contributed by atoms with E-state index in [1.807, 2.05) is 0 Å². The number of hydrogen-bond donors (Lipinski definition) is 3. The molecular formula is C22H37NO3. The molecule has 1 unspecified atom stereocenters. The van der Waals surface area contributed by atoms with Gasteiger partial charge in [-0.05, 0) is 25.0 Å². The Morgan fingerprint density at radius 2 is 1.42 bits per heavy atom. The Morgan fingerprint density at radius 3 is 2.04 bits per heavy atom. The molecule has 0 bridgehead atoms. The Kier molecular flexibility index (Phi) is 11.6. The van der Waals surface area contributed by atoms with E-state index in [0.717, 1.165) is 32.1 Å². The number of carbonyl (C=O) groups excluding carboxylic acids is 1. The van der Waals surface area contributed by atoms with E-state index in [0.29, 0.717) is 0 Å². The summed E-state index contributed by atoms with van der Waals surface area (Å²) in [5.41, 5.74) is 0.288. The lowest BCUT2D eigenvalue weighted by molar-refractivity contribution is -0.120. The zero-order valence-corrected chi connectivity index (χ0v) is 16.6. The molecule has 0 aliphatic heterocycles. The van der Waals surface area contributed by atoms with E-state index in [1.165, 1.54) is 63.1 Å². The fourth-order valence-corrected chi connectivity index (χ4v) is 3.25. The fraction of sp³-hybridized carbons (Fsp3) is 0.682. The van der Waals surface area contributed by atoms with Gasteiger partial charge in [-0.25, -0.2) is 0 Å². The molecule has 1 aromatic rings. The van der Waals surface area contributed by atoms with E-state index in [4.69, 9.17) is 0 Å². The SMILES string of the molecule is CCCCCCCCC(CCCCCC)C(=O)Nc1cc(O)ccc1O. The number of aromatic hydroxyl groups is 2. The molecule has 4 nitrogen and oxygen atoms in total. The minimum absolute atomic E-state index is 0.0135. The van der Waals surface area contributed by atoms with Crippen molar-refractivity contribution in [2.45, 2.75) is 90.9 Å². The maximum absolute atomic E-state index is 12.7. The zero-order valence-electron chi connectivity index (χ0n) is 16.6. The van der Waals surface area contributed by atoms with Crippen molar-refractivity contribution in [1.82, 2.24) is 0 Å². The Balaban J connectivity index is 2.54. The molecule has 0 aromatic heterocycles. The third kappa shape index (κ3) is 9.12. The molecular weight excluding hydrogens is 326 g/mol. The Hall–Kier alpha value is -1.71. The van der Waals surface area contributed by atoms with E-state index in [2.05, 4.69) is 19.2 Å². The highest BCUT2D eigenvalue weighted by Gasteiger charge is 2.19. The van der Waals surface area contributed by atoms with Gasteiger partial charge in [0.25, 0.3) is 0 Å². The second-order valence-corrected chi connectivity index (χ2v) is 7.29. The topological polar surface area (TPSA) is 69.6 Å². The van der Waals surface area contributed by atoms with Crippen LogP contribution in [0.15, 0.2) is 18.2 Å². The van der Waals surface area contributed by atoms with Gasteiger partial charge in [-0.15, -0.1) is 0 Å². The molecule has 0 fully saturated rings. The number of nitrogens with one attached hydrogen (secondary N) is 1. The van der Waals surface area contributed by atoms with Crippen LogP contribution in [0.3, 0.4) is 0 Å². The average molecular weight is 364 g/mol. The van der Waals surface area contributed by atoms with Gasteiger partial charge in [0.1, 0.15) is 11.5 Å². The number of phenols is 2. The predicted molar refractivity (Wildman–Crippen MR) is 109 cm³/mol. The molecule has 1 aromatic carbocycles. The van der Waals surface area contributed by atoms with Crippen molar-refractivity contribution in [2.24, 2.45) is 5.92 Å². The van der Waals surface area contributed by atoms with Crippen LogP contribution < -0.4 is 5.32 Å². The summed E-state index contributed by atoms with van der Waals surface area (Å²) >= 11 is 0. The fourth-order valence-electron chi connectivity index (χ4n) is 3.25. The van der Waals surface area contributed by atoms with Crippen molar-refractivity contribution in [3.8, 4) is 11.5 Å². The first-order chi connectivity index (χ1) is 12.6. The molecule has 0 spiro atoms. The summed E-state index contributed by atoms with van der Waals surface area (Å²) < 4.78 is 0. The Morgan fingerprint density at radius 1 is 0.885 bits per heavy atom. The summed E-state index contributed by atoms with van der Waals surface area (Å²) in [6.45, 7) is 4.40. The van der Waals surface area contributed by atoms with Crippen molar-refractivity contribution < 1.29 is 15.0 Å². The minimum Gasteiger partial charge on any atom is -0.508 e. The monoisotopic (exact) mass is 363 g/mol. The minimum atomic E-state index is -0.0454. The summed E-state index contributed by atoms with van der Waals surface area (Å²) in [6, 6.07) is 4.20. The molecule has 4 heteroatoms. The lowest BCUT2D eigenvalue weighted by atomic mass is 9.93. The van der Waals surface area contributed by atoms with Crippen LogP contribution in [0.4, 0.5) is 5.69 Å². The molecule has 0 heterocycles. The van der Waals surface area contributed by atoms with E-state index in [9.17, 15) is 15.0 Å². The van der Waals surface area contributed by atoms with Crippen molar-refractivity contribution in [3.63, 3.8) is 0 Å². The molecule has 1 amide bonds. The molecule has 0 radical (unpaired) electrons. The van der Waals surface area contributed by atoms with Gasteiger partial charge >= 0.3 is 0 Å². The predicted octanol–water partition coefficient (Wildman–Crippen LogP) is 6.37. The van der Waals surface area contributed by atoms with Gasteiger partial charge in [0.2, 0.25) is 5.91 Å². The summed E-state index contributed by atoms with van der Waals surface area (Å²) in [6.07, 6.45) is 13.7. The van der Waals surface area contributed by atoms with Gasteiger partial charge in [0.05, 0.1) is 5.69 Å². The molecule has 148 valence electrons. The van der Waals surface area contributed by atoms with Crippen LogP contribution in [0.2, 0.25) is 0 Å². The molecule has 3 N–H and O–H groups in total. The van der Waals surface area contributed by atoms with Crippen LogP contribution in [0.25, 0.3) is 0 Å². The number of anilines is 1. The largest absolute Gasteiger partial charge is 0.508 e. The van der Waals surface area contributed by atoms with Crippen molar-refractivity contribution >= 4 is 11.6 Å². The number of amides is 1. The summed E-state index contributed by atoms with van der Waals surface area (Å²) in [5.74, 6) is -0.0512. The van der Waals surface area contributed by atoms with Gasteiger partial charge in [0, 0.05) is 12.0 Å². The second kappa shape index (κ2) is 13.5. The molecule has 1 rings (SSSR count). The first kappa shape index (κ1) is 22.3. The lowest BCUT2D eigenvalue weighted by Gasteiger charge is -2.17. The number of unbranched alkanes of at least 4 members (excludes halogenated alkanes) is 8.